The zero-order chi connectivity index (χ0) is 28.6. The maximum absolute atomic E-state index is 13.8. The monoisotopic (exact) mass is 521 g/mol. The van der Waals surface area contributed by atoms with Gasteiger partial charge in [-0.1, -0.05) is 42.5 Å². The number of carbonyl (C=O) groups excluding carboxylic acids is 4. The Hall–Kier alpha value is -4.39. The van der Waals surface area contributed by atoms with Crippen molar-refractivity contribution in [2.75, 3.05) is 11.9 Å². The highest BCUT2D eigenvalue weighted by molar-refractivity contribution is 6.00. The fraction of sp³-hybridized carbons (Fsp3) is 0.393. The van der Waals surface area contributed by atoms with Gasteiger partial charge in [-0.3, -0.25) is 14.4 Å². The van der Waals surface area contributed by atoms with Crippen LogP contribution < -0.4 is 16.4 Å². The number of rotatable bonds is 9. The molecule has 0 spiro atoms. The molecule has 0 saturated carbocycles. The lowest BCUT2D eigenvalue weighted by Gasteiger charge is -2.33. The van der Waals surface area contributed by atoms with E-state index in [9.17, 15) is 24.4 Å². The second-order valence-corrected chi connectivity index (χ2v) is 10.0. The molecule has 0 heterocycles. The average molecular weight is 522 g/mol. The number of ether oxygens (including phenoxy) is 1. The van der Waals surface area contributed by atoms with E-state index in [1.54, 1.807) is 52.0 Å². The number of anilines is 1. The smallest absolute Gasteiger partial charge is 0.408 e. The van der Waals surface area contributed by atoms with Gasteiger partial charge in [-0.15, -0.1) is 0 Å². The minimum absolute atomic E-state index is 0.481. The molecule has 2 aromatic carbocycles. The highest BCUT2D eigenvalue weighted by Crippen LogP contribution is 2.28. The van der Waals surface area contributed by atoms with Gasteiger partial charge >= 0.3 is 6.09 Å². The molecule has 10 heteroatoms. The first-order chi connectivity index (χ1) is 17.7. The molecule has 4 N–H and O–H groups in total. The third-order valence-corrected chi connectivity index (χ3v) is 5.69. The fourth-order valence-electron chi connectivity index (χ4n) is 3.97. The van der Waals surface area contributed by atoms with Gasteiger partial charge < -0.3 is 26.0 Å². The van der Waals surface area contributed by atoms with E-state index < -0.39 is 54.5 Å². The second-order valence-electron chi connectivity index (χ2n) is 10.0. The first-order valence-corrected chi connectivity index (χ1v) is 12.1. The minimum Gasteiger partial charge on any atom is -0.444 e. The van der Waals surface area contributed by atoms with Crippen LogP contribution in [-0.4, -0.2) is 46.9 Å². The molecule has 2 rings (SSSR count). The van der Waals surface area contributed by atoms with E-state index in [4.69, 9.17) is 10.5 Å². The Balaban J connectivity index is 2.57. The van der Waals surface area contributed by atoms with Gasteiger partial charge in [0.05, 0.1) is 12.5 Å². The third kappa shape index (κ3) is 8.06. The first-order valence-electron chi connectivity index (χ1n) is 12.1. The van der Waals surface area contributed by atoms with Crippen molar-refractivity contribution in [3.63, 3.8) is 0 Å². The van der Waals surface area contributed by atoms with E-state index in [2.05, 4.69) is 10.6 Å². The van der Waals surface area contributed by atoms with Crippen LogP contribution in [0, 0.1) is 32.1 Å². The molecule has 2 aromatic rings. The molecular weight excluding hydrogens is 486 g/mol. The largest absolute Gasteiger partial charge is 0.444 e. The summed E-state index contributed by atoms with van der Waals surface area (Å²) in [5.41, 5.74) is 7.91. The van der Waals surface area contributed by atoms with Crippen molar-refractivity contribution in [1.29, 1.82) is 5.26 Å². The van der Waals surface area contributed by atoms with E-state index in [-0.39, 0.29) is 0 Å². The zero-order valence-corrected chi connectivity index (χ0v) is 22.6. The molecule has 0 fully saturated rings. The number of hydrogen-bond acceptors (Lipinski definition) is 6. The number of primary amides is 1. The standard InChI is InChI=1S/C28H35N5O5/c1-17-10-7-8-13-20(17)24(25(35)32-23-18(2)11-9-12-19(23)3)33(15-14-29)26(36)21(16-22(30)34)31-27(37)38-28(4,5)6/h7-13,21,24H,15-16H2,1-6H3,(H2,30,34)(H,31,37)(H,32,35). The van der Waals surface area contributed by atoms with Gasteiger partial charge in [0.15, 0.2) is 0 Å². The zero-order valence-electron chi connectivity index (χ0n) is 22.6. The summed E-state index contributed by atoms with van der Waals surface area (Å²) in [6, 6.07) is 11.7. The van der Waals surface area contributed by atoms with E-state index in [1.165, 1.54) is 0 Å². The molecule has 38 heavy (non-hydrogen) atoms. The van der Waals surface area contributed by atoms with Crippen LogP contribution in [0.15, 0.2) is 42.5 Å². The van der Waals surface area contributed by atoms with Crippen molar-refractivity contribution in [2.24, 2.45) is 5.73 Å². The van der Waals surface area contributed by atoms with E-state index in [0.29, 0.717) is 16.8 Å². The van der Waals surface area contributed by atoms with Crippen LogP contribution in [0.4, 0.5) is 10.5 Å². The van der Waals surface area contributed by atoms with Crippen LogP contribution in [-0.2, 0) is 19.1 Å². The molecule has 0 radical (unpaired) electrons. The second kappa shape index (κ2) is 12.7. The quantitative estimate of drug-likeness (QED) is 0.430. The molecule has 0 bridgehead atoms. The lowest BCUT2D eigenvalue weighted by molar-refractivity contribution is -0.141. The molecule has 4 amide bonds. The number of para-hydroxylation sites is 1. The summed E-state index contributed by atoms with van der Waals surface area (Å²) in [5, 5.41) is 14.9. The number of carbonyl (C=O) groups is 4. The van der Waals surface area contributed by atoms with Crippen LogP contribution in [0.5, 0.6) is 0 Å². The minimum atomic E-state index is -1.46. The van der Waals surface area contributed by atoms with Crippen molar-refractivity contribution in [3.8, 4) is 6.07 Å². The van der Waals surface area contributed by atoms with Crippen molar-refractivity contribution < 1.29 is 23.9 Å². The highest BCUT2D eigenvalue weighted by atomic mass is 16.6. The number of benzene rings is 2. The maximum atomic E-state index is 13.8. The Bertz CT molecular complexity index is 1220. The summed E-state index contributed by atoms with van der Waals surface area (Å²) in [6.45, 7) is 9.91. The molecule has 0 aliphatic carbocycles. The molecule has 202 valence electrons. The molecule has 10 nitrogen and oxygen atoms in total. The van der Waals surface area contributed by atoms with Gasteiger partial charge in [0.1, 0.15) is 24.2 Å². The van der Waals surface area contributed by atoms with E-state index in [0.717, 1.165) is 16.0 Å². The molecule has 0 aliphatic rings. The summed E-state index contributed by atoms with van der Waals surface area (Å²) in [4.78, 5) is 53.0. The molecule has 0 aromatic heterocycles. The lowest BCUT2D eigenvalue weighted by atomic mass is 9.97. The van der Waals surface area contributed by atoms with Gasteiger partial charge in [-0.25, -0.2) is 4.79 Å². The number of nitrogens with one attached hydrogen (secondary N) is 2. The fourth-order valence-corrected chi connectivity index (χ4v) is 3.97. The predicted octanol–water partition coefficient (Wildman–Crippen LogP) is 3.41. The average Bonchev–Trinajstić information content (AvgIpc) is 2.80. The van der Waals surface area contributed by atoms with Crippen LogP contribution in [0.2, 0.25) is 0 Å². The Kier molecular flexibility index (Phi) is 9.99. The summed E-state index contributed by atoms with van der Waals surface area (Å²) in [6.07, 6.45) is -1.50. The van der Waals surface area contributed by atoms with Crippen LogP contribution >= 0.6 is 0 Å². The molecular formula is C28H35N5O5. The third-order valence-electron chi connectivity index (χ3n) is 5.69. The van der Waals surface area contributed by atoms with Crippen LogP contribution in [0.3, 0.4) is 0 Å². The van der Waals surface area contributed by atoms with Crippen molar-refractivity contribution in [1.82, 2.24) is 10.2 Å². The van der Waals surface area contributed by atoms with Gasteiger partial charge in [0.25, 0.3) is 5.91 Å². The number of nitriles is 1. The summed E-state index contributed by atoms with van der Waals surface area (Å²) >= 11 is 0. The van der Waals surface area contributed by atoms with Crippen molar-refractivity contribution >= 4 is 29.5 Å². The van der Waals surface area contributed by atoms with Gasteiger partial charge in [0, 0.05) is 5.69 Å². The van der Waals surface area contributed by atoms with Crippen molar-refractivity contribution in [2.45, 2.75) is 65.6 Å². The predicted molar refractivity (Wildman–Crippen MR) is 143 cm³/mol. The summed E-state index contributed by atoms with van der Waals surface area (Å²) in [7, 11) is 0. The molecule has 0 aliphatic heterocycles. The topological polar surface area (TPSA) is 155 Å². The lowest BCUT2D eigenvalue weighted by Crippen LogP contribution is -2.53. The maximum Gasteiger partial charge on any atom is 0.408 e. The molecule has 2 atom stereocenters. The first kappa shape index (κ1) is 29.8. The Morgan fingerprint density at radius 2 is 1.58 bits per heavy atom. The van der Waals surface area contributed by atoms with Crippen molar-refractivity contribution in [3.05, 3.63) is 64.7 Å². The number of amides is 4. The van der Waals surface area contributed by atoms with Crippen LogP contribution in [0.25, 0.3) is 0 Å². The molecule has 0 saturated heterocycles. The number of alkyl carbamates (subject to hydrolysis) is 1. The van der Waals surface area contributed by atoms with E-state index in [1.807, 2.05) is 38.1 Å². The van der Waals surface area contributed by atoms with Gasteiger partial charge in [-0.05, 0) is 63.8 Å². The summed E-state index contributed by atoms with van der Waals surface area (Å²) in [5.74, 6) is -2.25. The Morgan fingerprint density at radius 1 is 1.00 bits per heavy atom. The number of nitrogens with zero attached hydrogens (tertiary/aromatic N) is 2. The normalized spacial score (nSPS) is 12.4. The van der Waals surface area contributed by atoms with Crippen LogP contribution in [0.1, 0.15) is 55.5 Å². The SMILES string of the molecule is Cc1ccccc1C(C(=O)Nc1c(C)cccc1C)N(CC#N)C(=O)C(CC(N)=O)NC(=O)OC(C)(C)C. The highest BCUT2D eigenvalue weighted by Gasteiger charge is 2.37. The number of nitrogens with two attached hydrogens (primary N) is 1. The number of hydrogen-bond donors (Lipinski definition) is 3. The van der Waals surface area contributed by atoms with E-state index >= 15 is 0 Å². The van der Waals surface area contributed by atoms with Gasteiger partial charge in [-0.2, -0.15) is 5.26 Å². The van der Waals surface area contributed by atoms with Gasteiger partial charge in [0.2, 0.25) is 11.8 Å². The Labute approximate surface area is 223 Å². The molecule has 2 unspecified atom stereocenters. The number of aryl methyl sites for hydroxylation is 3. The summed E-state index contributed by atoms with van der Waals surface area (Å²) < 4.78 is 5.24. The Morgan fingerprint density at radius 3 is 2.11 bits per heavy atom.